The number of carbonyl (C=O) groups excluding carboxylic acids is 2. The smallest absolute Gasteiger partial charge is 0.345 e. The van der Waals surface area contributed by atoms with Crippen molar-refractivity contribution in [1.29, 1.82) is 0 Å². The van der Waals surface area contributed by atoms with E-state index in [2.05, 4.69) is 5.32 Å². The van der Waals surface area contributed by atoms with Crippen LogP contribution in [-0.4, -0.2) is 24.5 Å². The van der Waals surface area contributed by atoms with Crippen LogP contribution in [0, 0.1) is 5.82 Å². The molecule has 6 heteroatoms. The zero-order valence-electron chi connectivity index (χ0n) is 13.5. The summed E-state index contributed by atoms with van der Waals surface area (Å²) in [5.74, 6) is -1.30. The minimum atomic E-state index is -1.04. The van der Waals surface area contributed by atoms with Gasteiger partial charge < -0.3 is 14.8 Å². The summed E-state index contributed by atoms with van der Waals surface area (Å²) >= 11 is 0. The molecule has 1 aliphatic carbocycles. The van der Waals surface area contributed by atoms with Crippen LogP contribution in [0.2, 0.25) is 0 Å². The van der Waals surface area contributed by atoms with Crippen molar-refractivity contribution in [1.82, 2.24) is 5.32 Å². The SMILES string of the molecule is O=C(COc1cccc(F)c1)O[C@H](C(=O)NC1CC1)c1ccccc1. The van der Waals surface area contributed by atoms with Crippen LogP contribution in [0.25, 0.3) is 0 Å². The lowest BCUT2D eigenvalue weighted by atomic mass is 10.1. The summed E-state index contributed by atoms with van der Waals surface area (Å²) in [5.41, 5.74) is 0.583. The second-order valence-corrected chi connectivity index (χ2v) is 5.81. The molecule has 0 aliphatic heterocycles. The molecule has 0 saturated heterocycles. The number of benzene rings is 2. The van der Waals surface area contributed by atoms with Crippen LogP contribution in [-0.2, 0) is 14.3 Å². The first-order valence-corrected chi connectivity index (χ1v) is 8.05. The predicted molar refractivity (Wildman–Crippen MR) is 88.3 cm³/mol. The van der Waals surface area contributed by atoms with Crippen molar-refractivity contribution in [2.24, 2.45) is 0 Å². The molecule has 0 unspecified atom stereocenters. The number of carbonyl (C=O) groups is 2. The molecule has 0 spiro atoms. The lowest BCUT2D eigenvalue weighted by Crippen LogP contribution is -2.34. The summed E-state index contributed by atoms with van der Waals surface area (Å²) in [6, 6.07) is 14.4. The maximum atomic E-state index is 13.1. The summed E-state index contributed by atoms with van der Waals surface area (Å²) in [7, 11) is 0. The third kappa shape index (κ3) is 5.04. The second-order valence-electron chi connectivity index (χ2n) is 5.81. The molecule has 1 aliphatic rings. The molecule has 0 heterocycles. The molecule has 25 heavy (non-hydrogen) atoms. The van der Waals surface area contributed by atoms with Crippen LogP contribution in [0.5, 0.6) is 5.75 Å². The maximum absolute atomic E-state index is 13.1. The molecule has 2 aromatic carbocycles. The van der Waals surface area contributed by atoms with Gasteiger partial charge in [0.1, 0.15) is 11.6 Å². The van der Waals surface area contributed by atoms with Crippen molar-refractivity contribution >= 4 is 11.9 Å². The van der Waals surface area contributed by atoms with E-state index in [-0.39, 0.29) is 17.7 Å². The molecule has 0 bridgehead atoms. The third-order valence-electron chi connectivity index (χ3n) is 3.67. The highest BCUT2D eigenvalue weighted by atomic mass is 19.1. The van der Waals surface area contributed by atoms with Gasteiger partial charge in [-0.3, -0.25) is 4.79 Å². The van der Waals surface area contributed by atoms with Crippen molar-refractivity contribution in [3.63, 3.8) is 0 Å². The van der Waals surface area contributed by atoms with E-state index in [0.29, 0.717) is 5.56 Å². The lowest BCUT2D eigenvalue weighted by Gasteiger charge is -2.18. The predicted octanol–water partition coefficient (Wildman–Crippen LogP) is 2.77. The molecule has 1 atom stereocenters. The highest BCUT2D eigenvalue weighted by Gasteiger charge is 2.30. The van der Waals surface area contributed by atoms with Crippen LogP contribution in [0.4, 0.5) is 4.39 Å². The molecular weight excluding hydrogens is 325 g/mol. The Hall–Kier alpha value is -2.89. The minimum absolute atomic E-state index is 0.154. The summed E-state index contributed by atoms with van der Waals surface area (Å²) in [6.07, 6.45) is 0.832. The summed E-state index contributed by atoms with van der Waals surface area (Å²) in [5, 5.41) is 2.83. The van der Waals surface area contributed by atoms with E-state index in [9.17, 15) is 14.0 Å². The maximum Gasteiger partial charge on any atom is 0.345 e. The zero-order valence-corrected chi connectivity index (χ0v) is 13.5. The fraction of sp³-hybridized carbons (Fsp3) is 0.263. The molecule has 130 valence electrons. The Labute approximate surface area is 144 Å². The molecule has 5 nitrogen and oxygen atoms in total. The van der Waals surface area contributed by atoms with Crippen molar-refractivity contribution < 1.29 is 23.5 Å². The zero-order chi connectivity index (χ0) is 17.6. The van der Waals surface area contributed by atoms with Gasteiger partial charge in [-0.25, -0.2) is 9.18 Å². The number of halogens is 1. The van der Waals surface area contributed by atoms with Crippen LogP contribution in [0.3, 0.4) is 0 Å². The normalized spacial score (nSPS) is 14.4. The van der Waals surface area contributed by atoms with Gasteiger partial charge in [0.15, 0.2) is 6.61 Å². The Morgan fingerprint density at radius 2 is 1.88 bits per heavy atom. The summed E-state index contributed by atoms with van der Waals surface area (Å²) in [6.45, 7) is -0.413. The number of hydrogen-bond donors (Lipinski definition) is 1. The molecular formula is C19H18FNO4. The topological polar surface area (TPSA) is 64.6 Å². The average Bonchev–Trinajstić information content (AvgIpc) is 3.42. The Balaban J connectivity index is 1.62. The van der Waals surface area contributed by atoms with E-state index in [4.69, 9.17) is 9.47 Å². The van der Waals surface area contributed by atoms with Gasteiger partial charge in [-0.05, 0) is 25.0 Å². The molecule has 1 amide bonds. The van der Waals surface area contributed by atoms with Crippen molar-refractivity contribution in [2.45, 2.75) is 25.0 Å². The monoisotopic (exact) mass is 343 g/mol. The van der Waals surface area contributed by atoms with Crippen LogP contribution >= 0.6 is 0 Å². The highest BCUT2D eigenvalue weighted by molar-refractivity contribution is 5.85. The molecule has 3 rings (SSSR count). The fourth-order valence-corrected chi connectivity index (χ4v) is 2.27. The minimum Gasteiger partial charge on any atom is -0.482 e. The van der Waals surface area contributed by atoms with Gasteiger partial charge >= 0.3 is 5.97 Å². The third-order valence-corrected chi connectivity index (χ3v) is 3.67. The quantitative estimate of drug-likeness (QED) is 0.785. The van der Waals surface area contributed by atoms with E-state index >= 15 is 0 Å². The Kier molecular flexibility index (Phi) is 5.28. The Bertz CT molecular complexity index is 746. The van der Waals surface area contributed by atoms with Crippen molar-refractivity contribution in [3.05, 3.63) is 66.0 Å². The summed E-state index contributed by atoms with van der Waals surface area (Å²) < 4.78 is 23.6. The number of rotatable bonds is 7. The van der Waals surface area contributed by atoms with E-state index < -0.39 is 24.5 Å². The molecule has 0 radical (unpaired) electrons. The number of ether oxygens (including phenoxy) is 2. The lowest BCUT2D eigenvalue weighted by molar-refractivity contribution is -0.158. The van der Waals surface area contributed by atoms with Crippen molar-refractivity contribution in [3.8, 4) is 5.75 Å². The molecule has 1 saturated carbocycles. The number of nitrogens with one attached hydrogen (secondary N) is 1. The van der Waals surface area contributed by atoms with Gasteiger partial charge in [0.05, 0.1) is 0 Å². The largest absolute Gasteiger partial charge is 0.482 e. The summed E-state index contributed by atoms with van der Waals surface area (Å²) in [4.78, 5) is 24.4. The second kappa shape index (κ2) is 7.79. The van der Waals surface area contributed by atoms with Crippen LogP contribution in [0.15, 0.2) is 54.6 Å². The Morgan fingerprint density at radius 3 is 2.56 bits per heavy atom. The molecule has 1 N–H and O–H groups in total. The molecule has 1 fully saturated rings. The van der Waals surface area contributed by atoms with Gasteiger partial charge in [0.2, 0.25) is 6.10 Å². The van der Waals surface area contributed by atoms with Gasteiger partial charge in [-0.1, -0.05) is 36.4 Å². The van der Waals surface area contributed by atoms with Crippen LogP contribution in [0.1, 0.15) is 24.5 Å². The van der Waals surface area contributed by atoms with Gasteiger partial charge in [0.25, 0.3) is 5.91 Å². The molecule has 2 aromatic rings. The van der Waals surface area contributed by atoms with E-state index in [1.165, 1.54) is 24.3 Å². The van der Waals surface area contributed by atoms with Gasteiger partial charge in [0, 0.05) is 17.7 Å². The van der Waals surface area contributed by atoms with Gasteiger partial charge in [-0.2, -0.15) is 0 Å². The average molecular weight is 343 g/mol. The van der Waals surface area contributed by atoms with Crippen LogP contribution < -0.4 is 10.1 Å². The Morgan fingerprint density at radius 1 is 1.12 bits per heavy atom. The fourth-order valence-electron chi connectivity index (χ4n) is 2.27. The highest BCUT2D eigenvalue weighted by Crippen LogP contribution is 2.23. The first kappa shape index (κ1) is 17.0. The molecule has 0 aromatic heterocycles. The van der Waals surface area contributed by atoms with Crippen molar-refractivity contribution in [2.75, 3.05) is 6.61 Å². The van der Waals surface area contributed by atoms with E-state index in [1.807, 2.05) is 6.07 Å². The first-order valence-electron chi connectivity index (χ1n) is 8.05. The first-order chi connectivity index (χ1) is 12.1. The standard InChI is InChI=1S/C19H18FNO4/c20-14-7-4-8-16(11-14)24-12-17(22)25-18(13-5-2-1-3-6-13)19(23)21-15-9-10-15/h1-8,11,15,18H,9-10,12H2,(H,21,23)/t18-/m0/s1. The number of hydrogen-bond acceptors (Lipinski definition) is 4. The van der Waals surface area contributed by atoms with Gasteiger partial charge in [-0.15, -0.1) is 0 Å². The number of amides is 1. The van der Waals surface area contributed by atoms with E-state index in [0.717, 1.165) is 12.8 Å². The number of esters is 1. The van der Waals surface area contributed by atoms with E-state index in [1.54, 1.807) is 24.3 Å².